The third kappa shape index (κ3) is 2.55. The molecule has 2 heterocycles. The fourth-order valence-electron chi connectivity index (χ4n) is 2.58. The predicted octanol–water partition coefficient (Wildman–Crippen LogP) is 0.766. The maximum Gasteiger partial charge on any atom is 0.251 e. The summed E-state index contributed by atoms with van der Waals surface area (Å²) in [4.78, 5) is 14.3. The van der Waals surface area contributed by atoms with Crippen LogP contribution in [0.4, 0.5) is 0 Å². The van der Waals surface area contributed by atoms with Crippen LogP contribution in [0.3, 0.4) is 0 Å². The SMILES string of the molecule is CCCN(C(=O)[C@H]1CCCO1)C1CCNC1. The van der Waals surface area contributed by atoms with Gasteiger partial charge in [-0.25, -0.2) is 0 Å². The highest BCUT2D eigenvalue weighted by molar-refractivity contribution is 5.81. The normalized spacial score (nSPS) is 29.6. The third-order valence-corrected chi connectivity index (χ3v) is 3.43. The third-order valence-electron chi connectivity index (χ3n) is 3.43. The molecule has 0 saturated carbocycles. The molecule has 2 atom stereocenters. The number of ether oxygens (including phenoxy) is 1. The summed E-state index contributed by atoms with van der Waals surface area (Å²) in [7, 11) is 0. The molecule has 0 aromatic carbocycles. The molecule has 2 aliphatic rings. The molecule has 1 amide bonds. The van der Waals surface area contributed by atoms with Crippen LogP contribution in [0.25, 0.3) is 0 Å². The molecule has 0 aromatic rings. The van der Waals surface area contributed by atoms with E-state index in [2.05, 4.69) is 12.2 Å². The largest absolute Gasteiger partial charge is 0.368 e. The van der Waals surface area contributed by atoms with Crippen LogP contribution in [-0.2, 0) is 9.53 Å². The molecule has 0 spiro atoms. The van der Waals surface area contributed by atoms with E-state index in [0.717, 1.165) is 51.9 Å². The van der Waals surface area contributed by atoms with Gasteiger partial charge in [0, 0.05) is 25.7 Å². The molecular formula is C12H22N2O2. The van der Waals surface area contributed by atoms with Crippen LogP contribution >= 0.6 is 0 Å². The van der Waals surface area contributed by atoms with Gasteiger partial charge in [-0.1, -0.05) is 6.92 Å². The molecule has 4 nitrogen and oxygen atoms in total. The zero-order chi connectivity index (χ0) is 11.4. The number of carbonyl (C=O) groups excluding carboxylic acids is 1. The molecule has 92 valence electrons. The Morgan fingerprint density at radius 3 is 2.94 bits per heavy atom. The van der Waals surface area contributed by atoms with E-state index in [9.17, 15) is 4.79 Å². The fraction of sp³-hybridized carbons (Fsp3) is 0.917. The van der Waals surface area contributed by atoms with Crippen molar-refractivity contribution in [2.45, 2.75) is 44.8 Å². The smallest absolute Gasteiger partial charge is 0.251 e. The zero-order valence-electron chi connectivity index (χ0n) is 10.1. The van der Waals surface area contributed by atoms with Gasteiger partial charge in [-0.2, -0.15) is 0 Å². The highest BCUT2D eigenvalue weighted by Crippen LogP contribution is 2.18. The average Bonchev–Trinajstić information content (AvgIpc) is 2.96. The van der Waals surface area contributed by atoms with E-state index < -0.39 is 0 Å². The minimum absolute atomic E-state index is 0.160. The Morgan fingerprint density at radius 2 is 2.38 bits per heavy atom. The highest BCUT2D eigenvalue weighted by Gasteiger charge is 2.32. The second kappa shape index (κ2) is 5.64. The van der Waals surface area contributed by atoms with Gasteiger partial charge in [-0.3, -0.25) is 4.79 Å². The molecule has 0 aliphatic carbocycles. The quantitative estimate of drug-likeness (QED) is 0.769. The molecule has 1 N–H and O–H groups in total. The van der Waals surface area contributed by atoms with E-state index in [-0.39, 0.29) is 12.0 Å². The van der Waals surface area contributed by atoms with Crippen molar-refractivity contribution < 1.29 is 9.53 Å². The minimum Gasteiger partial charge on any atom is -0.368 e. The maximum atomic E-state index is 12.3. The first-order valence-electron chi connectivity index (χ1n) is 6.45. The number of hydrogen-bond acceptors (Lipinski definition) is 3. The van der Waals surface area contributed by atoms with Crippen LogP contribution in [-0.4, -0.2) is 49.2 Å². The first-order valence-corrected chi connectivity index (χ1v) is 6.45. The molecule has 0 aromatic heterocycles. The first kappa shape index (κ1) is 11.9. The molecule has 2 fully saturated rings. The van der Waals surface area contributed by atoms with Crippen LogP contribution in [0.1, 0.15) is 32.6 Å². The lowest BCUT2D eigenvalue weighted by molar-refractivity contribution is -0.143. The summed E-state index contributed by atoms with van der Waals surface area (Å²) in [5.74, 6) is 0.216. The average molecular weight is 226 g/mol. The Morgan fingerprint density at radius 1 is 1.50 bits per heavy atom. The molecule has 2 rings (SSSR count). The Bertz CT molecular complexity index is 233. The zero-order valence-corrected chi connectivity index (χ0v) is 10.1. The van der Waals surface area contributed by atoms with Crippen LogP contribution in [0, 0.1) is 0 Å². The number of nitrogens with zero attached hydrogens (tertiary/aromatic N) is 1. The van der Waals surface area contributed by atoms with Crippen LogP contribution < -0.4 is 5.32 Å². The Labute approximate surface area is 97.3 Å². The van der Waals surface area contributed by atoms with E-state index in [4.69, 9.17) is 4.74 Å². The van der Waals surface area contributed by atoms with Crippen molar-refractivity contribution in [2.75, 3.05) is 26.2 Å². The van der Waals surface area contributed by atoms with Gasteiger partial charge in [0.05, 0.1) is 0 Å². The van der Waals surface area contributed by atoms with Crippen molar-refractivity contribution in [3.8, 4) is 0 Å². The molecule has 2 aliphatic heterocycles. The van der Waals surface area contributed by atoms with E-state index >= 15 is 0 Å². The van der Waals surface area contributed by atoms with Crippen LogP contribution in [0.2, 0.25) is 0 Å². The molecule has 0 radical (unpaired) electrons. The maximum absolute atomic E-state index is 12.3. The molecular weight excluding hydrogens is 204 g/mol. The number of rotatable bonds is 4. The summed E-state index contributed by atoms with van der Waals surface area (Å²) in [5.41, 5.74) is 0. The van der Waals surface area contributed by atoms with E-state index in [1.807, 2.05) is 4.90 Å². The van der Waals surface area contributed by atoms with Gasteiger partial charge in [0.25, 0.3) is 5.91 Å². The molecule has 1 unspecified atom stereocenters. The van der Waals surface area contributed by atoms with E-state index in [0.29, 0.717) is 6.04 Å². The van der Waals surface area contributed by atoms with Gasteiger partial charge in [-0.15, -0.1) is 0 Å². The summed E-state index contributed by atoms with van der Waals surface area (Å²) in [6.07, 6.45) is 3.87. The lowest BCUT2D eigenvalue weighted by atomic mass is 10.1. The van der Waals surface area contributed by atoms with Crippen molar-refractivity contribution >= 4 is 5.91 Å². The summed E-state index contributed by atoms with van der Waals surface area (Å²) >= 11 is 0. The van der Waals surface area contributed by atoms with Gasteiger partial charge in [0.15, 0.2) is 0 Å². The van der Waals surface area contributed by atoms with Crippen molar-refractivity contribution in [3.05, 3.63) is 0 Å². The van der Waals surface area contributed by atoms with E-state index in [1.165, 1.54) is 0 Å². The topological polar surface area (TPSA) is 41.6 Å². The molecule has 2 saturated heterocycles. The van der Waals surface area contributed by atoms with Crippen molar-refractivity contribution in [2.24, 2.45) is 0 Å². The van der Waals surface area contributed by atoms with Crippen molar-refractivity contribution in [1.29, 1.82) is 0 Å². The summed E-state index contributed by atoms with van der Waals surface area (Å²) < 4.78 is 5.49. The lowest BCUT2D eigenvalue weighted by Crippen LogP contribution is -2.46. The second-order valence-electron chi connectivity index (χ2n) is 4.68. The molecule has 4 heteroatoms. The number of carbonyl (C=O) groups is 1. The van der Waals surface area contributed by atoms with E-state index in [1.54, 1.807) is 0 Å². The highest BCUT2D eigenvalue weighted by atomic mass is 16.5. The number of nitrogens with one attached hydrogen (secondary N) is 1. The first-order chi connectivity index (χ1) is 7.83. The summed E-state index contributed by atoms with van der Waals surface area (Å²) in [5, 5.41) is 3.32. The van der Waals surface area contributed by atoms with Gasteiger partial charge in [0.1, 0.15) is 6.10 Å². The lowest BCUT2D eigenvalue weighted by Gasteiger charge is -2.30. The number of hydrogen-bond donors (Lipinski definition) is 1. The van der Waals surface area contributed by atoms with Gasteiger partial charge >= 0.3 is 0 Å². The molecule has 0 bridgehead atoms. The van der Waals surface area contributed by atoms with Crippen LogP contribution in [0.5, 0.6) is 0 Å². The predicted molar refractivity (Wildman–Crippen MR) is 62.3 cm³/mol. The van der Waals surface area contributed by atoms with Gasteiger partial charge < -0.3 is 15.0 Å². The fourth-order valence-corrected chi connectivity index (χ4v) is 2.58. The van der Waals surface area contributed by atoms with Gasteiger partial charge in [0.2, 0.25) is 0 Å². The monoisotopic (exact) mass is 226 g/mol. The minimum atomic E-state index is -0.160. The summed E-state index contributed by atoms with van der Waals surface area (Å²) in [6, 6.07) is 0.386. The Balaban J connectivity index is 1.96. The van der Waals surface area contributed by atoms with Crippen molar-refractivity contribution in [1.82, 2.24) is 10.2 Å². The van der Waals surface area contributed by atoms with Crippen LogP contribution in [0.15, 0.2) is 0 Å². The van der Waals surface area contributed by atoms with Crippen molar-refractivity contribution in [3.63, 3.8) is 0 Å². The second-order valence-corrected chi connectivity index (χ2v) is 4.68. The number of amides is 1. The Hall–Kier alpha value is -0.610. The Kier molecular flexibility index (Phi) is 4.18. The van der Waals surface area contributed by atoms with Gasteiger partial charge in [-0.05, 0) is 32.2 Å². The summed E-state index contributed by atoms with van der Waals surface area (Å²) in [6.45, 7) is 5.71. The molecule has 16 heavy (non-hydrogen) atoms. The standard InChI is InChI=1S/C12H22N2O2/c1-2-7-14(10-5-6-13-9-10)12(15)11-4-3-8-16-11/h10-11,13H,2-9H2,1H3/t10?,11-/m1/s1.